The molecule has 0 amide bonds. The third-order valence-corrected chi connectivity index (χ3v) is 7.73. The van der Waals surface area contributed by atoms with E-state index in [2.05, 4.69) is 88.3 Å². The van der Waals surface area contributed by atoms with Crippen molar-refractivity contribution in [3.05, 3.63) is 113 Å². The van der Waals surface area contributed by atoms with Crippen LogP contribution in [0.25, 0.3) is 54.9 Å². The van der Waals surface area contributed by atoms with Gasteiger partial charge in [0.15, 0.2) is 0 Å². The second-order valence-corrected chi connectivity index (χ2v) is 9.37. The summed E-state index contributed by atoms with van der Waals surface area (Å²) in [5.74, 6) is 0. The van der Waals surface area contributed by atoms with Gasteiger partial charge < -0.3 is 9.47 Å². The number of pyridine rings is 1. The number of para-hydroxylation sites is 5. The van der Waals surface area contributed by atoms with E-state index in [0.717, 1.165) is 55.6 Å². The number of aromatic nitrogens is 2. The van der Waals surface area contributed by atoms with Crippen molar-refractivity contribution in [2.75, 3.05) is 4.90 Å². The Morgan fingerprint density at radius 3 is 1.71 bits per heavy atom. The van der Waals surface area contributed by atoms with Gasteiger partial charge in [-0.25, -0.2) is 0 Å². The smallest absolute Gasteiger partial charge is 0.263 e. The van der Waals surface area contributed by atoms with Gasteiger partial charge in [0.25, 0.3) is 5.56 Å². The Hall–Kier alpha value is -4.83. The van der Waals surface area contributed by atoms with Gasteiger partial charge in [0, 0.05) is 21.5 Å². The molecule has 0 fully saturated rings. The van der Waals surface area contributed by atoms with E-state index in [9.17, 15) is 4.79 Å². The molecule has 4 heteroatoms. The Labute approximate surface area is 199 Å². The molecule has 0 radical (unpaired) electrons. The van der Waals surface area contributed by atoms with E-state index in [0.29, 0.717) is 0 Å². The van der Waals surface area contributed by atoms with Crippen LogP contribution >= 0.6 is 0 Å². The average molecular weight is 447 g/mol. The number of hydrogen-bond donors (Lipinski definition) is 0. The van der Waals surface area contributed by atoms with Crippen molar-refractivity contribution in [2.24, 2.45) is 0 Å². The van der Waals surface area contributed by atoms with Gasteiger partial charge in [-0.05, 0) is 47.9 Å². The van der Waals surface area contributed by atoms with Gasteiger partial charge in [0.2, 0.25) is 0 Å². The third-order valence-electron chi connectivity index (χ3n) is 7.73. The fourth-order valence-corrected chi connectivity index (χ4v) is 6.40. The minimum atomic E-state index is 0.0253. The highest BCUT2D eigenvalue weighted by Gasteiger charge is 2.36. The lowest BCUT2D eigenvalue weighted by atomic mass is 9.97. The van der Waals surface area contributed by atoms with Crippen molar-refractivity contribution in [3.8, 4) is 11.4 Å². The monoisotopic (exact) mass is 447 g/mol. The van der Waals surface area contributed by atoms with Crippen LogP contribution in [0.1, 0.15) is 0 Å². The molecule has 2 aliphatic rings. The summed E-state index contributed by atoms with van der Waals surface area (Å²) < 4.78 is 4.32. The van der Waals surface area contributed by atoms with Crippen molar-refractivity contribution in [1.82, 2.24) is 9.13 Å². The predicted octanol–water partition coefficient (Wildman–Crippen LogP) is 7.34. The maximum atomic E-state index is 14.0. The second kappa shape index (κ2) is 5.80. The Morgan fingerprint density at radius 1 is 0.457 bits per heavy atom. The molecule has 5 aromatic carbocycles. The highest BCUT2D eigenvalue weighted by molar-refractivity contribution is 6.27. The maximum Gasteiger partial charge on any atom is 0.263 e. The van der Waals surface area contributed by atoms with E-state index in [1.807, 2.05) is 28.8 Å². The molecule has 2 aliphatic heterocycles. The molecule has 9 rings (SSSR count). The molecule has 4 nitrogen and oxygen atoms in total. The molecule has 0 unspecified atom stereocenters. The van der Waals surface area contributed by atoms with E-state index >= 15 is 0 Å². The quantitative estimate of drug-likeness (QED) is 0.228. The predicted molar refractivity (Wildman–Crippen MR) is 143 cm³/mol. The lowest BCUT2D eigenvalue weighted by Gasteiger charge is -2.38. The lowest BCUT2D eigenvalue weighted by Crippen LogP contribution is -2.29. The number of anilines is 3. The summed E-state index contributed by atoms with van der Waals surface area (Å²) in [7, 11) is 0. The first-order valence-corrected chi connectivity index (χ1v) is 11.9. The molecule has 0 bridgehead atoms. The molecule has 0 N–H and O–H groups in total. The zero-order chi connectivity index (χ0) is 22.8. The Balaban J connectivity index is 1.71. The van der Waals surface area contributed by atoms with Crippen molar-refractivity contribution in [3.63, 3.8) is 0 Å². The van der Waals surface area contributed by atoms with Crippen LogP contribution in [-0.4, -0.2) is 9.13 Å². The van der Waals surface area contributed by atoms with Crippen LogP contribution in [0.2, 0.25) is 0 Å². The summed E-state index contributed by atoms with van der Waals surface area (Å²) in [5.41, 5.74) is 8.61. The Morgan fingerprint density at radius 2 is 0.971 bits per heavy atom. The molecule has 7 aromatic rings. The largest absolute Gasteiger partial charge is 0.305 e. The zero-order valence-corrected chi connectivity index (χ0v) is 18.6. The second-order valence-electron chi connectivity index (χ2n) is 9.37. The van der Waals surface area contributed by atoms with Crippen LogP contribution in [0.5, 0.6) is 0 Å². The summed E-state index contributed by atoms with van der Waals surface area (Å²) >= 11 is 0. The molecule has 4 heterocycles. The number of benzene rings is 5. The van der Waals surface area contributed by atoms with Crippen LogP contribution in [0.4, 0.5) is 17.1 Å². The first-order chi connectivity index (χ1) is 17.3. The molecular weight excluding hydrogens is 430 g/mol. The first-order valence-electron chi connectivity index (χ1n) is 11.9. The van der Waals surface area contributed by atoms with Gasteiger partial charge in [-0.3, -0.25) is 9.36 Å². The van der Waals surface area contributed by atoms with Gasteiger partial charge in [-0.1, -0.05) is 60.7 Å². The minimum absolute atomic E-state index is 0.0253. The molecule has 2 aromatic heterocycles. The summed E-state index contributed by atoms with van der Waals surface area (Å²) in [6.07, 6.45) is 0. The van der Waals surface area contributed by atoms with Crippen molar-refractivity contribution in [1.29, 1.82) is 0 Å². The van der Waals surface area contributed by atoms with Crippen LogP contribution < -0.4 is 10.5 Å². The van der Waals surface area contributed by atoms with Gasteiger partial charge in [0.05, 0.1) is 45.0 Å². The summed E-state index contributed by atoms with van der Waals surface area (Å²) in [5, 5.41) is 5.27. The van der Waals surface area contributed by atoms with E-state index in [4.69, 9.17) is 0 Å². The minimum Gasteiger partial charge on any atom is -0.305 e. The highest BCUT2D eigenvalue weighted by Crippen LogP contribution is 2.55. The average Bonchev–Trinajstić information content (AvgIpc) is 3.25. The molecule has 0 saturated heterocycles. The summed E-state index contributed by atoms with van der Waals surface area (Å²) in [4.78, 5) is 16.4. The van der Waals surface area contributed by atoms with Crippen molar-refractivity contribution < 1.29 is 0 Å². The van der Waals surface area contributed by atoms with Crippen LogP contribution in [0.3, 0.4) is 0 Å². The van der Waals surface area contributed by atoms with Gasteiger partial charge >= 0.3 is 0 Å². The standard InChI is InChI=1S/C31H17N3O/c35-31-20-11-2-1-9-18(20)21-17-22-19-10-3-4-12-23(19)32-24-13-5-6-14-25(24)33-26-15-7-8-16-27(26)34(31)29(21)30(33)28(22)32/h1-17H. The van der Waals surface area contributed by atoms with Crippen LogP contribution in [0, 0.1) is 0 Å². The normalized spacial score (nSPS) is 13.2. The molecular formula is C31H17N3O. The van der Waals surface area contributed by atoms with Crippen LogP contribution in [0.15, 0.2) is 108 Å². The summed E-state index contributed by atoms with van der Waals surface area (Å²) in [6.45, 7) is 0. The molecule has 162 valence electrons. The number of nitrogens with zero attached hydrogens (tertiary/aromatic N) is 3. The number of hydrogen-bond acceptors (Lipinski definition) is 2. The lowest BCUT2D eigenvalue weighted by molar-refractivity contribution is 1.01. The fraction of sp³-hybridized carbons (Fsp3) is 0. The van der Waals surface area contributed by atoms with Crippen LogP contribution in [-0.2, 0) is 0 Å². The number of rotatable bonds is 0. The van der Waals surface area contributed by atoms with E-state index in [-0.39, 0.29) is 5.56 Å². The SMILES string of the molecule is O=c1c2ccccc2c2cc3c4ccccc4n4c3c3c2n1-c1ccccc1N3c1ccccc1-4. The van der Waals surface area contributed by atoms with E-state index in [1.54, 1.807) is 0 Å². The molecule has 0 saturated carbocycles. The van der Waals surface area contributed by atoms with Gasteiger partial charge in [0.1, 0.15) is 0 Å². The van der Waals surface area contributed by atoms with Crippen molar-refractivity contribution in [2.45, 2.75) is 0 Å². The molecule has 0 aliphatic carbocycles. The summed E-state index contributed by atoms with van der Waals surface area (Å²) in [6, 6.07) is 35.7. The topological polar surface area (TPSA) is 30.2 Å². The molecule has 0 atom stereocenters. The zero-order valence-electron chi connectivity index (χ0n) is 18.6. The Bertz CT molecular complexity index is 2150. The molecule has 0 spiro atoms. The van der Waals surface area contributed by atoms with E-state index < -0.39 is 0 Å². The fourth-order valence-electron chi connectivity index (χ4n) is 6.40. The third kappa shape index (κ3) is 1.87. The Kier molecular flexibility index (Phi) is 2.92. The van der Waals surface area contributed by atoms with Crippen molar-refractivity contribution >= 4 is 60.5 Å². The van der Waals surface area contributed by atoms with Gasteiger partial charge in [-0.15, -0.1) is 0 Å². The number of fused-ring (bicyclic) bond motifs is 11. The molecule has 35 heavy (non-hydrogen) atoms. The maximum absolute atomic E-state index is 14.0. The van der Waals surface area contributed by atoms with E-state index in [1.165, 1.54) is 16.3 Å². The first kappa shape index (κ1) is 17.6. The van der Waals surface area contributed by atoms with Gasteiger partial charge in [-0.2, -0.15) is 0 Å². The highest BCUT2D eigenvalue weighted by atomic mass is 16.1.